The van der Waals surface area contributed by atoms with E-state index in [1.165, 1.54) is 42.5 Å². The first kappa shape index (κ1) is 28.1. The summed E-state index contributed by atoms with van der Waals surface area (Å²) in [4.78, 5) is 26.9. The fourth-order valence-electron chi connectivity index (χ4n) is 3.67. The Labute approximate surface area is 216 Å². The number of hydrogen-bond acceptors (Lipinski definition) is 8. The molecule has 0 spiro atoms. The number of alkyl halides is 6. The van der Waals surface area contributed by atoms with E-state index in [1.807, 2.05) is 0 Å². The molecule has 8 nitrogen and oxygen atoms in total. The Bertz CT molecular complexity index is 1740. The van der Waals surface area contributed by atoms with Gasteiger partial charge in [-0.25, -0.2) is 0 Å². The summed E-state index contributed by atoms with van der Waals surface area (Å²) in [6.07, 6.45) is 0. The van der Waals surface area contributed by atoms with Gasteiger partial charge in [0, 0.05) is 16.7 Å². The molecule has 39 heavy (non-hydrogen) atoms. The Morgan fingerprint density at radius 3 is 1.59 bits per heavy atom. The van der Waals surface area contributed by atoms with E-state index >= 15 is 0 Å². The van der Waals surface area contributed by atoms with E-state index in [9.17, 15) is 52.8 Å². The van der Waals surface area contributed by atoms with Crippen LogP contribution in [-0.4, -0.2) is 39.4 Å². The number of halogens is 6. The number of hydrogen-bond donors (Lipinski definition) is 0. The normalized spacial score (nSPS) is 14.0. The number of carbonyl (C=O) groups is 2. The average molecular weight is 594 g/mol. The zero-order valence-electron chi connectivity index (χ0n) is 19.0. The van der Waals surface area contributed by atoms with Gasteiger partial charge in [-0.3, -0.25) is 9.59 Å². The number of aryl methyl sites for hydroxylation is 1. The molecule has 0 bridgehead atoms. The molecule has 0 amide bonds. The van der Waals surface area contributed by atoms with Gasteiger partial charge in [0.05, 0.1) is 5.56 Å². The van der Waals surface area contributed by atoms with E-state index in [4.69, 9.17) is 0 Å². The highest BCUT2D eigenvalue weighted by atomic mass is 32.2. The van der Waals surface area contributed by atoms with Crippen molar-refractivity contribution in [3.8, 4) is 22.6 Å². The van der Waals surface area contributed by atoms with Gasteiger partial charge < -0.3 is 8.37 Å². The highest BCUT2D eigenvalue weighted by molar-refractivity contribution is 7.88. The van der Waals surface area contributed by atoms with E-state index in [-0.39, 0.29) is 11.1 Å². The molecule has 16 heteroatoms. The number of fused-ring (bicyclic) bond motifs is 2. The van der Waals surface area contributed by atoms with Crippen molar-refractivity contribution in [2.24, 2.45) is 0 Å². The highest BCUT2D eigenvalue weighted by Gasteiger charge is 2.52. The molecule has 0 fully saturated rings. The van der Waals surface area contributed by atoms with Crippen LogP contribution < -0.4 is 8.37 Å². The van der Waals surface area contributed by atoms with E-state index in [0.29, 0.717) is 11.6 Å². The molecule has 4 rings (SSSR count). The second kappa shape index (κ2) is 9.08. The van der Waals surface area contributed by atoms with Crippen LogP contribution in [-0.2, 0) is 20.2 Å². The summed E-state index contributed by atoms with van der Waals surface area (Å²) in [6, 6.07) is 10.8. The maximum absolute atomic E-state index is 13.5. The largest absolute Gasteiger partial charge is 0.534 e. The molecule has 1 aliphatic carbocycles. The monoisotopic (exact) mass is 594 g/mol. The summed E-state index contributed by atoms with van der Waals surface area (Å²) < 4.78 is 134. The van der Waals surface area contributed by atoms with Crippen molar-refractivity contribution < 1.29 is 61.1 Å². The Balaban J connectivity index is 2.16. The maximum atomic E-state index is 13.5. The second-order valence-electron chi connectivity index (χ2n) is 8.04. The first-order valence-electron chi connectivity index (χ1n) is 10.3. The molecular weight excluding hydrogens is 582 g/mol. The third-order valence-electron chi connectivity index (χ3n) is 5.44. The molecule has 3 aromatic rings. The predicted molar refractivity (Wildman–Crippen MR) is 121 cm³/mol. The first-order valence-corrected chi connectivity index (χ1v) is 13.2. The standard InChI is InChI=1S/C23H12F6O8S2/c1-11-6-8-12(9-7-11)15-10-16(36-38(32,33)22(24,25)26)21(37-39(34,35)23(27,28)29)18-17(15)19(30)13-4-2-3-5-14(13)20(18)31/h2-10H,1H3. The number of benzene rings is 3. The van der Waals surface area contributed by atoms with Crippen LogP contribution in [0, 0.1) is 6.92 Å². The quantitative estimate of drug-likeness (QED) is 0.182. The van der Waals surface area contributed by atoms with Crippen LogP contribution in [0.5, 0.6) is 11.5 Å². The van der Waals surface area contributed by atoms with Gasteiger partial charge in [-0.15, -0.1) is 0 Å². The summed E-state index contributed by atoms with van der Waals surface area (Å²) in [5.74, 6) is -5.96. The number of ketones is 2. The van der Waals surface area contributed by atoms with E-state index in [0.717, 1.165) is 6.07 Å². The van der Waals surface area contributed by atoms with Crippen LogP contribution in [0.1, 0.15) is 37.4 Å². The number of rotatable bonds is 5. The number of carbonyl (C=O) groups excluding carboxylic acids is 2. The van der Waals surface area contributed by atoms with Crippen LogP contribution in [0.4, 0.5) is 26.3 Å². The molecule has 1 aliphatic rings. The first-order chi connectivity index (χ1) is 17.9. The van der Waals surface area contributed by atoms with Gasteiger partial charge in [0.25, 0.3) is 0 Å². The molecule has 0 aliphatic heterocycles. The molecule has 0 atom stereocenters. The lowest BCUT2D eigenvalue weighted by Crippen LogP contribution is -2.32. The molecule has 0 radical (unpaired) electrons. The lowest BCUT2D eigenvalue weighted by molar-refractivity contribution is -0.0513. The Kier molecular flexibility index (Phi) is 6.54. The van der Waals surface area contributed by atoms with Crippen LogP contribution in [0.15, 0.2) is 54.6 Å². The Morgan fingerprint density at radius 2 is 1.10 bits per heavy atom. The van der Waals surface area contributed by atoms with Gasteiger partial charge in [-0.2, -0.15) is 43.2 Å². The third-order valence-corrected chi connectivity index (χ3v) is 7.36. The molecule has 0 saturated heterocycles. The summed E-state index contributed by atoms with van der Waals surface area (Å²) in [5.41, 5.74) is -14.8. The van der Waals surface area contributed by atoms with Crippen molar-refractivity contribution in [1.29, 1.82) is 0 Å². The average Bonchev–Trinajstić information content (AvgIpc) is 2.82. The van der Waals surface area contributed by atoms with Crippen molar-refractivity contribution >= 4 is 31.8 Å². The molecule has 0 unspecified atom stereocenters. The minimum Gasteiger partial charge on any atom is -0.372 e. The smallest absolute Gasteiger partial charge is 0.372 e. The van der Waals surface area contributed by atoms with Crippen molar-refractivity contribution in [1.82, 2.24) is 0 Å². The summed E-state index contributed by atoms with van der Waals surface area (Å²) in [7, 11) is -13.4. The van der Waals surface area contributed by atoms with Crippen LogP contribution in [0.2, 0.25) is 0 Å². The summed E-state index contributed by atoms with van der Waals surface area (Å²) in [5, 5.41) is 0. The summed E-state index contributed by atoms with van der Waals surface area (Å²) in [6.45, 7) is 1.65. The Morgan fingerprint density at radius 1 is 0.641 bits per heavy atom. The molecule has 0 N–H and O–H groups in total. The molecule has 0 aromatic heterocycles. The zero-order valence-corrected chi connectivity index (χ0v) is 20.7. The Hall–Kier alpha value is -3.92. The van der Waals surface area contributed by atoms with Gasteiger partial charge >= 0.3 is 31.3 Å². The highest BCUT2D eigenvalue weighted by Crippen LogP contribution is 2.47. The van der Waals surface area contributed by atoms with Crippen molar-refractivity contribution in [3.63, 3.8) is 0 Å². The van der Waals surface area contributed by atoms with Crippen LogP contribution >= 0.6 is 0 Å². The topological polar surface area (TPSA) is 121 Å². The molecule has 206 valence electrons. The van der Waals surface area contributed by atoms with Gasteiger partial charge in [0.2, 0.25) is 0 Å². The SMILES string of the molecule is Cc1ccc(-c2cc(OS(=O)(=O)C(F)(F)F)c(OS(=O)(=O)C(F)(F)F)c3c2C(=O)c2ccccc2C3=O)cc1. The maximum Gasteiger partial charge on any atom is 0.534 e. The molecule has 0 saturated carbocycles. The lowest BCUT2D eigenvalue weighted by Gasteiger charge is -2.25. The van der Waals surface area contributed by atoms with Crippen molar-refractivity contribution in [2.75, 3.05) is 0 Å². The van der Waals surface area contributed by atoms with Crippen LogP contribution in [0.25, 0.3) is 11.1 Å². The van der Waals surface area contributed by atoms with Crippen molar-refractivity contribution in [2.45, 2.75) is 17.9 Å². The second-order valence-corrected chi connectivity index (χ2v) is 11.1. The minimum absolute atomic E-state index is 0.00290. The lowest BCUT2D eigenvalue weighted by atomic mass is 9.79. The fraction of sp³-hybridized carbons (Fsp3) is 0.130. The molecule has 3 aromatic carbocycles. The van der Waals surface area contributed by atoms with E-state index in [2.05, 4.69) is 8.37 Å². The van der Waals surface area contributed by atoms with Gasteiger partial charge in [0.15, 0.2) is 23.1 Å². The molecular formula is C23H12F6O8S2. The van der Waals surface area contributed by atoms with Gasteiger partial charge in [0.1, 0.15) is 0 Å². The predicted octanol–water partition coefficient (Wildman–Crippen LogP) is 4.89. The van der Waals surface area contributed by atoms with Gasteiger partial charge in [-0.05, 0) is 24.1 Å². The zero-order chi connectivity index (χ0) is 29.1. The fourth-order valence-corrected chi connectivity index (χ4v) is 4.60. The third kappa shape index (κ3) is 4.85. The van der Waals surface area contributed by atoms with E-state index < -0.39 is 76.6 Å². The summed E-state index contributed by atoms with van der Waals surface area (Å²) >= 11 is 0. The molecule has 0 heterocycles. The van der Waals surface area contributed by atoms with Crippen LogP contribution in [0.3, 0.4) is 0 Å². The van der Waals surface area contributed by atoms with Gasteiger partial charge in [-0.1, -0.05) is 54.1 Å². The minimum atomic E-state index is -6.72. The van der Waals surface area contributed by atoms with Crippen molar-refractivity contribution in [3.05, 3.63) is 82.4 Å². The van der Waals surface area contributed by atoms with E-state index in [1.54, 1.807) is 6.92 Å².